The summed E-state index contributed by atoms with van der Waals surface area (Å²) in [6.07, 6.45) is 1.82. The SMILES string of the molecule is CC(Sc1ccnc2ccccc12)C(=O)N1CCN(c2ccccc2)CC1. The number of hydrogen-bond acceptors (Lipinski definition) is 4. The maximum atomic E-state index is 13.0. The number of hydrogen-bond donors (Lipinski definition) is 0. The first-order chi connectivity index (χ1) is 13.2. The Kier molecular flexibility index (Phi) is 5.30. The molecule has 2 heterocycles. The number of para-hydroxylation sites is 2. The topological polar surface area (TPSA) is 36.4 Å². The number of amides is 1. The van der Waals surface area contributed by atoms with E-state index in [2.05, 4.69) is 40.2 Å². The monoisotopic (exact) mass is 377 g/mol. The minimum atomic E-state index is -0.112. The van der Waals surface area contributed by atoms with E-state index in [4.69, 9.17) is 0 Å². The first-order valence-corrected chi connectivity index (χ1v) is 10.2. The van der Waals surface area contributed by atoms with Crippen molar-refractivity contribution in [3.63, 3.8) is 0 Å². The number of nitrogens with zero attached hydrogens (tertiary/aromatic N) is 3. The van der Waals surface area contributed by atoms with Gasteiger partial charge in [-0.3, -0.25) is 9.78 Å². The van der Waals surface area contributed by atoms with Crippen LogP contribution in [0.1, 0.15) is 6.92 Å². The molecule has 1 saturated heterocycles. The highest BCUT2D eigenvalue weighted by Gasteiger charge is 2.26. The molecule has 27 heavy (non-hydrogen) atoms. The van der Waals surface area contributed by atoms with Crippen molar-refractivity contribution in [2.45, 2.75) is 17.1 Å². The van der Waals surface area contributed by atoms with Crippen molar-refractivity contribution in [2.24, 2.45) is 0 Å². The van der Waals surface area contributed by atoms with Crippen molar-refractivity contribution in [1.82, 2.24) is 9.88 Å². The Hall–Kier alpha value is -2.53. The van der Waals surface area contributed by atoms with E-state index in [0.717, 1.165) is 42.0 Å². The molecule has 1 aromatic heterocycles. The van der Waals surface area contributed by atoms with E-state index in [-0.39, 0.29) is 11.2 Å². The third-order valence-electron chi connectivity index (χ3n) is 4.97. The standard InChI is InChI=1S/C22H23N3OS/c1-17(27-21-11-12-23-20-10-6-5-9-19(20)21)22(26)25-15-13-24(14-16-25)18-7-3-2-4-8-18/h2-12,17H,13-16H2,1H3. The van der Waals surface area contributed by atoms with Crippen LogP contribution in [0.25, 0.3) is 10.9 Å². The molecule has 1 fully saturated rings. The van der Waals surface area contributed by atoms with E-state index >= 15 is 0 Å². The molecule has 1 atom stereocenters. The molecule has 1 amide bonds. The molecule has 3 aromatic rings. The molecular formula is C22H23N3OS. The molecule has 1 aliphatic rings. The molecule has 0 spiro atoms. The zero-order valence-electron chi connectivity index (χ0n) is 15.4. The van der Waals surface area contributed by atoms with Gasteiger partial charge < -0.3 is 9.80 Å². The van der Waals surface area contributed by atoms with Gasteiger partial charge in [0.25, 0.3) is 0 Å². The molecule has 5 heteroatoms. The van der Waals surface area contributed by atoms with Crippen LogP contribution in [0.3, 0.4) is 0 Å². The molecular weight excluding hydrogens is 354 g/mol. The van der Waals surface area contributed by atoms with Gasteiger partial charge in [-0.25, -0.2) is 0 Å². The Morgan fingerprint density at radius 3 is 2.44 bits per heavy atom. The molecule has 0 saturated carbocycles. The number of rotatable bonds is 4. The van der Waals surface area contributed by atoms with Crippen LogP contribution in [0.4, 0.5) is 5.69 Å². The fraction of sp³-hybridized carbons (Fsp3) is 0.273. The lowest BCUT2D eigenvalue weighted by Gasteiger charge is -2.37. The van der Waals surface area contributed by atoms with Gasteiger partial charge in [-0.05, 0) is 31.2 Å². The average molecular weight is 378 g/mol. The molecule has 4 nitrogen and oxygen atoms in total. The molecule has 138 valence electrons. The van der Waals surface area contributed by atoms with Crippen molar-refractivity contribution in [1.29, 1.82) is 0 Å². The van der Waals surface area contributed by atoms with Gasteiger partial charge in [0.15, 0.2) is 0 Å². The van der Waals surface area contributed by atoms with Crippen molar-refractivity contribution in [2.75, 3.05) is 31.1 Å². The summed E-state index contributed by atoms with van der Waals surface area (Å²) in [5.74, 6) is 0.216. The first kappa shape index (κ1) is 17.9. The number of aromatic nitrogens is 1. The highest BCUT2D eigenvalue weighted by Crippen LogP contribution is 2.30. The van der Waals surface area contributed by atoms with Gasteiger partial charge in [0, 0.05) is 48.3 Å². The van der Waals surface area contributed by atoms with Crippen molar-refractivity contribution < 1.29 is 4.79 Å². The molecule has 0 aliphatic carbocycles. The fourth-order valence-electron chi connectivity index (χ4n) is 3.49. The van der Waals surface area contributed by atoms with Crippen LogP contribution in [-0.2, 0) is 4.79 Å². The van der Waals surface area contributed by atoms with E-state index in [1.54, 1.807) is 11.8 Å². The third kappa shape index (κ3) is 3.93. The van der Waals surface area contributed by atoms with E-state index < -0.39 is 0 Å². The number of anilines is 1. The lowest BCUT2D eigenvalue weighted by atomic mass is 10.2. The number of carbonyl (C=O) groups excluding carboxylic acids is 1. The normalized spacial score (nSPS) is 15.7. The van der Waals surface area contributed by atoms with Gasteiger partial charge in [0.05, 0.1) is 10.8 Å². The second kappa shape index (κ2) is 8.01. The lowest BCUT2D eigenvalue weighted by Crippen LogP contribution is -2.50. The van der Waals surface area contributed by atoms with Crippen molar-refractivity contribution in [3.8, 4) is 0 Å². The summed E-state index contributed by atoms with van der Waals surface area (Å²) in [4.78, 5) is 22.8. The number of benzene rings is 2. The zero-order valence-corrected chi connectivity index (χ0v) is 16.2. The molecule has 4 rings (SSSR count). The van der Waals surface area contributed by atoms with Gasteiger partial charge in [-0.2, -0.15) is 0 Å². The summed E-state index contributed by atoms with van der Waals surface area (Å²) in [5.41, 5.74) is 2.20. The maximum absolute atomic E-state index is 13.0. The minimum absolute atomic E-state index is 0.112. The van der Waals surface area contributed by atoms with Gasteiger partial charge in [-0.1, -0.05) is 36.4 Å². The van der Waals surface area contributed by atoms with E-state index in [0.29, 0.717) is 0 Å². The summed E-state index contributed by atoms with van der Waals surface area (Å²) in [5, 5.41) is 0.998. The second-order valence-electron chi connectivity index (χ2n) is 6.73. The van der Waals surface area contributed by atoms with Crippen LogP contribution in [0.15, 0.2) is 71.8 Å². The number of fused-ring (bicyclic) bond motifs is 1. The Balaban J connectivity index is 1.40. The molecule has 0 radical (unpaired) electrons. The van der Waals surface area contributed by atoms with Gasteiger partial charge in [0.2, 0.25) is 5.91 Å². The Morgan fingerprint density at radius 1 is 0.963 bits per heavy atom. The molecule has 1 unspecified atom stereocenters. The number of carbonyl (C=O) groups is 1. The van der Waals surface area contributed by atoms with Gasteiger partial charge in [-0.15, -0.1) is 11.8 Å². The van der Waals surface area contributed by atoms with E-state index in [1.165, 1.54) is 5.69 Å². The molecule has 2 aromatic carbocycles. The second-order valence-corrected chi connectivity index (χ2v) is 8.12. The quantitative estimate of drug-likeness (QED) is 0.643. The minimum Gasteiger partial charge on any atom is -0.368 e. The summed E-state index contributed by atoms with van der Waals surface area (Å²) >= 11 is 1.63. The predicted molar refractivity (Wildman–Crippen MR) is 112 cm³/mol. The average Bonchev–Trinajstić information content (AvgIpc) is 2.74. The number of pyridine rings is 1. The zero-order chi connectivity index (χ0) is 18.6. The van der Waals surface area contributed by atoms with Crippen LogP contribution in [0.2, 0.25) is 0 Å². The van der Waals surface area contributed by atoms with E-state index in [1.807, 2.05) is 48.4 Å². The van der Waals surface area contributed by atoms with E-state index in [9.17, 15) is 4.79 Å². The van der Waals surface area contributed by atoms with Crippen LogP contribution in [0, 0.1) is 0 Å². The number of thioether (sulfide) groups is 1. The summed E-state index contributed by atoms with van der Waals surface area (Å²) in [6.45, 7) is 5.31. The predicted octanol–water partition coefficient (Wildman–Crippen LogP) is 4.06. The molecule has 0 bridgehead atoms. The van der Waals surface area contributed by atoms with Crippen LogP contribution >= 0.6 is 11.8 Å². The first-order valence-electron chi connectivity index (χ1n) is 9.31. The third-order valence-corrected chi connectivity index (χ3v) is 6.14. The van der Waals surface area contributed by atoms with Crippen molar-refractivity contribution in [3.05, 3.63) is 66.9 Å². The van der Waals surface area contributed by atoms with Crippen LogP contribution in [0.5, 0.6) is 0 Å². The lowest BCUT2D eigenvalue weighted by molar-refractivity contribution is -0.130. The van der Waals surface area contributed by atoms with Gasteiger partial charge >= 0.3 is 0 Å². The number of piperazine rings is 1. The Morgan fingerprint density at radius 2 is 1.67 bits per heavy atom. The van der Waals surface area contributed by atoms with Crippen LogP contribution < -0.4 is 4.90 Å². The largest absolute Gasteiger partial charge is 0.368 e. The highest BCUT2D eigenvalue weighted by atomic mass is 32.2. The van der Waals surface area contributed by atoms with Gasteiger partial charge in [0.1, 0.15) is 0 Å². The Bertz CT molecular complexity index is 918. The van der Waals surface area contributed by atoms with Crippen LogP contribution in [-0.4, -0.2) is 47.2 Å². The summed E-state index contributed by atoms with van der Waals surface area (Å²) in [6, 6.07) is 20.5. The Labute approximate surface area is 164 Å². The highest BCUT2D eigenvalue weighted by molar-refractivity contribution is 8.00. The maximum Gasteiger partial charge on any atom is 0.235 e. The summed E-state index contributed by atoms with van der Waals surface area (Å²) in [7, 11) is 0. The summed E-state index contributed by atoms with van der Waals surface area (Å²) < 4.78 is 0. The molecule has 1 aliphatic heterocycles. The molecule has 0 N–H and O–H groups in total. The smallest absolute Gasteiger partial charge is 0.235 e. The fourth-order valence-corrected chi connectivity index (χ4v) is 4.56. The van der Waals surface area contributed by atoms with Crippen molar-refractivity contribution >= 4 is 34.3 Å².